The van der Waals surface area contributed by atoms with Crippen molar-refractivity contribution >= 4 is 46.4 Å². The van der Waals surface area contributed by atoms with Crippen LogP contribution in [0.25, 0.3) is 0 Å². The van der Waals surface area contributed by atoms with E-state index in [4.69, 9.17) is 51.5 Å². The van der Waals surface area contributed by atoms with Crippen LogP contribution in [0.3, 0.4) is 0 Å². The lowest BCUT2D eigenvalue weighted by Crippen LogP contribution is -1.90. The minimum Gasteiger partial charge on any atom is -0.394 e. The molecule has 0 aromatic carbocycles. The fraction of sp³-hybridized carbons (Fsp3) is 1.00. The number of alkyl halides is 4. The van der Waals surface area contributed by atoms with Crippen LogP contribution in [0.1, 0.15) is 0 Å². The molecule has 1 nitrogen and oxygen atoms in total. The molecule has 0 spiro atoms. The molecule has 0 aliphatic rings. The van der Waals surface area contributed by atoms with E-state index in [0.717, 1.165) is 0 Å². The third-order valence-electron chi connectivity index (χ3n) is 0.138. The molecule has 8 heavy (non-hydrogen) atoms. The predicted octanol–water partition coefficient (Wildman–Crippen LogP) is 2.20. The van der Waals surface area contributed by atoms with Crippen molar-refractivity contribution in [3.63, 3.8) is 0 Å². The van der Waals surface area contributed by atoms with Gasteiger partial charge in [-0.25, -0.2) is 0 Å². The average molecular weight is 200 g/mol. The summed E-state index contributed by atoms with van der Waals surface area (Å²) in [5.41, 5.74) is 0. The van der Waals surface area contributed by atoms with Crippen molar-refractivity contribution in [1.29, 1.82) is 0 Å². The molecule has 0 rings (SSSR count). The van der Waals surface area contributed by atoms with E-state index in [9.17, 15) is 0 Å². The van der Waals surface area contributed by atoms with Gasteiger partial charge >= 0.3 is 0 Å². The van der Waals surface area contributed by atoms with Crippen LogP contribution in [0.2, 0.25) is 0 Å². The molecule has 0 unspecified atom stereocenters. The largest absolute Gasteiger partial charge is 0.394 e. The van der Waals surface area contributed by atoms with E-state index < -0.39 is 4.84 Å². The molecular weight excluding hydrogens is 194 g/mol. The predicted molar refractivity (Wildman–Crippen MR) is 39.2 cm³/mol. The minimum absolute atomic E-state index is 0.164. The lowest BCUT2D eigenvalue weighted by molar-refractivity contribution is 0.313. The van der Waals surface area contributed by atoms with E-state index in [2.05, 4.69) is 0 Å². The Kier molecular flexibility index (Phi) is 16.3. The average Bonchev–Trinajstić information content (AvgIpc) is 1.69. The fourth-order valence-corrected chi connectivity index (χ4v) is 0. The fourth-order valence-electron chi connectivity index (χ4n) is 0. The van der Waals surface area contributed by atoms with Crippen molar-refractivity contribution in [3.8, 4) is 0 Å². The van der Waals surface area contributed by atoms with Gasteiger partial charge in [0.05, 0.1) is 11.9 Å². The van der Waals surface area contributed by atoms with Crippen molar-refractivity contribution in [2.45, 2.75) is 4.84 Å². The van der Waals surface area contributed by atoms with Crippen molar-refractivity contribution in [3.05, 3.63) is 0 Å². The topological polar surface area (TPSA) is 20.2 Å². The van der Waals surface area contributed by atoms with Crippen LogP contribution in [0.5, 0.6) is 0 Å². The standard InChI is InChI=1S/C2H4Cl2O.CH2Cl2/c3-2(4)1-5;2-1-3/h2,5H,1H2;1H2. The molecule has 0 aliphatic heterocycles. The van der Waals surface area contributed by atoms with Gasteiger partial charge in [0.25, 0.3) is 0 Å². The van der Waals surface area contributed by atoms with Gasteiger partial charge in [-0.15, -0.1) is 46.4 Å². The first kappa shape index (κ1) is 11.9. The minimum atomic E-state index is -0.616. The highest BCUT2D eigenvalue weighted by molar-refractivity contribution is 6.44. The van der Waals surface area contributed by atoms with Gasteiger partial charge in [-0.3, -0.25) is 0 Å². The third kappa shape index (κ3) is 27.4. The zero-order valence-electron chi connectivity index (χ0n) is 3.95. The molecule has 0 saturated heterocycles. The summed E-state index contributed by atoms with van der Waals surface area (Å²) < 4.78 is 0. The second-order valence-electron chi connectivity index (χ2n) is 0.675. The number of halogens is 4. The maximum Gasteiger partial charge on any atom is 0.130 e. The number of aliphatic hydroxyl groups excluding tert-OH is 1. The van der Waals surface area contributed by atoms with Gasteiger partial charge in [0.1, 0.15) is 4.84 Å². The van der Waals surface area contributed by atoms with Crippen molar-refractivity contribution < 1.29 is 5.11 Å². The third-order valence-corrected chi connectivity index (χ3v) is 0.414. The van der Waals surface area contributed by atoms with E-state index in [1.54, 1.807) is 0 Å². The molecule has 1 N–H and O–H groups in total. The molecule has 0 heterocycles. The van der Waals surface area contributed by atoms with Crippen LogP contribution in [-0.4, -0.2) is 21.9 Å². The van der Waals surface area contributed by atoms with E-state index >= 15 is 0 Å². The van der Waals surface area contributed by atoms with Crippen LogP contribution in [0.4, 0.5) is 0 Å². The maximum absolute atomic E-state index is 7.88. The van der Waals surface area contributed by atoms with Gasteiger partial charge in [0, 0.05) is 0 Å². The lowest BCUT2D eigenvalue weighted by atomic mass is 10.9. The normalized spacial score (nSPS) is 8.25. The molecule has 0 aromatic rings. The zero-order chi connectivity index (χ0) is 6.99. The van der Waals surface area contributed by atoms with Gasteiger partial charge in [-0.2, -0.15) is 0 Å². The number of rotatable bonds is 1. The van der Waals surface area contributed by atoms with Gasteiger partial charge in [0.2, 0.25) is 0 Å². The summed E-state index contributed by atoms with van der Waals surface area (Å²) in [6.07, 6.45) is 0. The maximum atomic E-state index is 7.88. The van der Waals surface area contributed by atoms with Crippen LogP contribution in [0, 0.1) is 0 Å². The molecule has 5 heteroatoms. The Labute approximate surface area is 68.5 Å². The molecular formula is C3H6Cl4O. The molecule has 0 aromatic heterocycles. The van der Waals surface area contributed by atoms with Crippen molar-refractivity contribution in [2.24, 2.45) is 0 Å². The lowest BCUT2D eigenvalue weighted by Gasteiger charge is -1.84. The summed E-state index contributed by atoms with van der Waals surface area (Å²) in [7, 11) is 0. The molecule has 0 radical (unpaired) electrons. The summed E-state index contributed by atoms with van der Waals surface area (Å²) in [6, 6.07) is 0. The Morgan fingerprint density at radius 1 is 1.25 bits per heavy atom. The van der Waals surface area contributed by atoms with E-state index in [1.807, 2.05) is 0 Å². The first-order valence-corrected chi connectivity index (χ1v) is 3.64. The molecule has 0 fully saturated rings. The van der Waals surface area contributed by atoms with Crippen LogP contribution in [0.15, 0.2) is 0 Å². The van der Waals surface area contributed by atoms with E-state index in [-0.39, 0.29) is 11.9 Å². The summed E-state index contributed by atoms with van der Waals surface area (Å²) in [6.45, 7) is -0.164. The molecule has 52 valence electrons. The summed E-state index contributed by atoms with van der Waals surface area (Å²) in [5, 5.41) is 8.07. The number of hydrogen-bond acceptors (Lipinski definition) is 1. The molecule has 0 amide bonds. The van der Waals surface area contributed by atoms with E-state index in [0.29, 0.717) is 0 Å². The van der Waals surface area contributed by atoms with Crippen LogP contribution >= 0.6 is 46.4 Å². The molecule has 0 aliphatic carbocycles. The van der Waals surface area contributed by atoms with Crippen molar-refractivity contribution in [1.82, 2.24) is 0 Å². The Bertz CT molecular complexity index is 32.5. The first-order chi connectivity index (χ1) is 3.68. The van der Waals surface area contributed by atoms with Gasteiger partial charge in [-0.05, 0) is 0 Å². The Morgan fingerprint density at radius 2 is 1.38 bits per heavy atom. The van der Waals surface area contributed by atoms with E-state index in [1.165, 1.54) is 0 Å². The summed E-state index contributed by atoms with van der Waals surface area (Å²) >= 11 is 19.5. The molecule has 0 atom stereocenters. The summed E-state index contributed by atoms with van der Waals surface area (Å²) in [4.78, 5) is -0.616. The second-order valence-corrected chi connectivity index (χ2v) is 2.76. The van der Waals surface area contributed by atoms with Gasteiger partial charge < -0.3 is 5.11 Å². The first-order valence-electron chi connectivity index (χ1n) is 1.70. The highest BCUT2D eigenvalue weighted by Gasteiger charge is 1.88. The molecule has 0 bridgehead atoms. The highest BCUT2D eigenvalue weighted by Crippen LogP contribution is 1.96. The Morgan fingerprint density at radius 3 is 1.38 bits per heavy atom. The monoisotopic (exact) mass is 198 g/mol. The number of aliphatic hydroxyl groups is 1. The second kappa shape index (κ2) is 11.0. The number of hydrogen-bond donors (Lipinski definition) is 1. The van der Waals surface area contributed by atoms with Crippen LogP contribution < -0.4 is 0 Å². The Balaban J connectivity index is 0. The smallest absolute Gasteiger partial charge is 0.130 e. The van der Waals surface area contributed by atoms with Gasteiger partial charge in [-0.1, -0.05) is 0 Å². The summed E-state index contributed by atoms with van der Waals surface area (Å²) in [5.74, 6) is 0. The molecule has 0 saturated carbocycles. The van der Waals surface area contributed by atoms with Crippen LogP contribution in [-0.2, 0) is 0 Å². The highest BCUT2D eigenvalue weighted by atomic mass is 35.5. The van der Waals surface area contributed by atoms with Gasteiger partial charge in [0.15, 0.2) is 0 Å². The van der Waals surface area contributed by atoms with Crippen molar-refractivity contribution in [2.75, 3.05) is 11.9 Å². The quantitative estimate of drug-likeness (QED) is 0.643. The zero-order valence-corrected chi connectivity index (χ0v) is 6.97. The Hall–Kier alpha value is 1.12. The SMILES string of the molecule is ClCCl.OCC(Cl)Cl.